The lowest BCUT2D eigenvalue weighted by molar-refractivity contribution is 1.20. The molecule has 0 unspecified atom stereocenters. The van der Waals surface area contributed by atoms with E-state index in [2.05, 4.69) is 194 Å². The second kappa shape index (κ2) is 11.9. The van der Waals surface area contributed by atoms with Crippen molar-refractivity contribution in [2.75, 3.05) is 16.8 Å². The molecule has 2 nitrogen and oxygen atoms in total. The van der Waals surface area contributed by atoms with Crippen molar-refractivity contribution >= 4 is 39.2 Å². The van der Waals surface area contributed by atoms with Crippen LogP contribution in [0, 0.1) is 6.92 Å². The summed E-state index contributed by atoms with van der Waals surface area (Å²) in [5, 5.41) is 2.45. The maximum absolute atomic E-state index is 2.36. The van der Waals surface area contributed by atoms with Crippen molar-refractivity contribution in [3.05, 3.63) is 175 Å². The number of hydrogen-bond donors (Lipinski definition) is 0. The standard InChI is InChI=1S/C42H34N2/c1-31-10-8-15-40(30-31)43(2)37-24-18-34(19-25-37)35-22-28-39(29-23-35)44(42-17-9-14-36-13-6-7-16-41(36)42)38-26-20-33(21-27-38)32-11-4-3-5-12-32/h3-30H,1-2H3. The lowest BCUT2D eigenvalue weighted by Crippen LogP contribution is -2.10. The van der Waals surface area contributed by atoms with Gasteiger partial charge < -0.3 is 9.80 Å². The van der Waals surface area contributed by atoms with Gasteiger partial charge in [-0.25, -0.2) is 0 Å². The predicted molar refractivity (Wildman–Crippen MR) is 189 cm³/mol. The number of hydrogen-bond acceptors (Lipinski definition) is 2. The highest BCUT2D eigenvalue weighted by Crippen LogP contribution is 2.40. The molecule has 0 spiro atoms. The molecular formula is C42H34N2. The van der Waals surface area contributed by atoms with Crippen LogP contribution in [-0.2, 0) is 0 Å². The number of benzene rings is 7. The Labute approximate surface area is 260 Å². The van der Waals surface area contributed by atoms with Gasteiger partial charge in [-0.2, -0.15) is 0 Å². The average molecular weight is 567 g/mol. The molecule has 7 rings (SSSR count). The van der Waals surface area contributed by atoms with E-state index in [1.54, 1.807) is 0 Å². The fraction of sp³-hybridized carbons (Fsp3) is 0.0476. The summed E-state index contributed by atoms with van der Waals surface area (Å²) in [7, 11) is 2.12. The monoisotopic (exact) mass is 566 g/mol. The fourth-order valence-corrected chi connectivity index (χ4v) is 5.93. The van der Waals surface area contributed by atoms with Crippen LogP contribution in [0.25, 0.3) is 33.0 Å². The lowest BCUT2D eigenvalue weighted by Gasteiger charge is -2.27. The molecule has 0 fully saturated rings. The van der Waals surface area contributed by atoms with Gasteiger partial charge in [-0.3, -0.25) is 0 Å². The van der Waals surface area contributed by atoms with Crippen LogP contribution < -0.4 is 9.80 Å². The summed E-state index contributed by atoms with van der Waals surface area (Å²) in [4.78, 5) is 4.59. The second-order valence-corrected chi connectivity index (χ2v) is 11.2. The Morgan fingerprint density at radius 2 is 0.886 bits per heavy atom. The van der Waals surface area contributed by atoms with E-state index in [1.807, 2.05) is 0 Å². The lowest BCUT2D eigenvalue weighted by atomic mass is 10.0. The summed E-state index contributed by atoms with van der Waals surface area (Å²) in [6, 6.07) is 60.9. The van der Waals surface area contributed by atoms with Gasteiger partial charge in [-0.1, -0.05) is 115 Å². The molecule has 44 heavy (non-hydrogen) atoms. The van der Waals surface area contributed by atoms with E-state index in [1.165, 1.54) is 44.3 Å². The topological polar surface area (TPSA) is 6.48 Å². The van der Waals surface area contributed by atoms with E-state index in [4.69, 9.17) is 0 Å². The minimum atomic E-state index is 1.12. The summed E-state index contributed by atoms with van der Waals surface area (Å²) < 4.78 is 0. The zero-order valence-corrected chi connectivity index (χ0v) is 25.1. The van der Waals surface area contributed by atoms with E-state index in [9.17, 15) is 0 Å². The first kappa shape index (κ1) is 27.2. The van der Waals surface area contributed by atoms with Crippen LogP contribution in [0.4, 0.5) is 28.4 Å². The SMILES string of the molecule is Cc1cccc(N(C)c2ccc(-c3ccc(N(c4ccc(-c5ccccc5)cc4)c4cccc5ccccc45)cc3)cc2)c1. The molecule has 2 heteroatoms. The maximum Gasteiger partial charge on any atom is 0.0540 e. The summed E-state index contributed by atoms with van der Waals surface area (Å²) in [5.41, 5.74) is 11.8. The van der Waals surface area contributed by atoms with E-state index >= 15 is 0 Å². The molecule has 0 aliphatic heterocycles. The largest absolute Gasteiger partial charge is 0.345 e. The van der Waals surface area contributed by atoms with Gasteiger partial charge in [0.25, 0.3) is 0 Å². The summed E-state index contributed by atoms with van der Waals surface area (Å²) in [5.74, 6) is 0. The van der Waals surface area contributed by atoms with Crippen LogP contribution in [0.2, 0.25) is 0 Å². The first-order valence-electron chi connectivity index (χ1n) is 15.1. The molecule has 0 heterocycles. The highest BCUT2D eigenvalue weighted by atomic mass is 15.1. The second-order valence-electron chi connectivity index (χ2n) is 11.2. The van der Waals surface area contributed by atoms with E-state index in [-0.39, 0.29) is 0 Å². The Hall–Kier alpha value is -5.60. The van der Waals surface area contributed by atoms with Crippen LogP contribution in [-0.4, -0.2) is 7.05 Å². The van der Waals surface area contributed by atoms with Gasteiger partial charge in [0.05, 0.1) is 5.69 Å². The molecule has 0 atom stereocenters. The van der Waals surface area contributed by atoms with E-state index in [0.717, 1.165) is 22.7 Å². The minimum absolute atomic E-state index is 1.12. The van der Waals surface area contributed by atoms with Gasteiger partial charge >= 0.3 is 0 Å². The molecule has 7 aromatic rings. The van der Waals surface area contributed by atoms with Crippen molar-refractivity contribution in [1.29, 1.82) is 0 Å². The normalized spacial score (nSPS) is 11.0. The Morgan fingerprint density at radius 1 is 0.386 bits per heavy atom. The predicted octanol–water partition coefficient (Wildman–Crippen LogP) is 11.7. The molecule has 0 bridgehead atoms. The first-order valence-corrected chi connectivity index (χ1v) is 15.1. The number of aryl methyl sites for hydroxylation is 1. The minimum Gasteiger partial charge on any atom is -0.345 e. The number of anilines is 5. The van der Waals surface area contributed by atoms with Crippen molar-refractivity contribution in [1.82, 2.24) is 0 Å². The number of fused-ring (bicyclic) bond motifs is 1. The van der Waals surface area contributed by atoms with Gasteiger partial charge in [-0.15, -0.1) is 0 Å². The summed E-state index contributed by atoms with van der Waals surface area (Å²) in [6.45, 7) is 2.13. The van der Waals surface area contributed by atoms with Crippen molar-refractivity contribution in [2.45, 2.75) is 6.92 Å². The number of nitrogens with zero attached hydrogens (tertiary/aromatic N) is 2. The fourth-order valence-electron chi connectivity index (χ4n) is 5.93. The molecule has 0 aromatic heterocycles. The summed E-state index contributed by atoms with van der Waals surface area (Å²) >= 11 is 0. The Morgan fingerprint density at radius 3 is 1.50 bits per heavy atom. The molecule has 0 aliphatic rings. The smallest absolute Gasteiger partial charge is 0.0540 e. The first-order chi connectivity index (χ1) is 21.6. The van der Waals surface area contributed by atoms with Crippen LogP contribution in [0.1, 0.15) is 5.56 Å². The van der Waals surface area contributed by atoms with Gasteiger partial charge in [-0.05, 0) is 94.7 Å². The average Bonchev–Trinajstić information content (AvgIpc) is 3.09. The van der Waals surface area contributed by atoms with E-state index < -0.39 is 0 Å². The third-order valence-corrected chi connectivity index (χ3v) is 8.34. The molecule has 212 valence electrons. The highest BCUT2D eigenvalue weighted by Gasteiger charge is 2.16. The van der Waals surface area contributed by atoms with Crippen molar-refractivity contribution in [3.63, 3.8) is 0 Å². The van der Waals surface area contributed by atoms with E-state index in [0.29, 0.717) is 0 Å². The van der Waals surface area contributed by atoms with Gasteiger partial charge in [0.2, 0.25) is 0 Å². The van der Waals surface area contributed by atoms with Crippen molar-refractivity contribution in [2.24, 2.45) is 0 Å². The Bertz CT molecular complexity index is 2000. The highest BCUT2D eigenvalue weighted by molar-refractivity contribution is 5.99. The zero-order valence-electron chi connectivity index (χ0n) is 25.1. The molecule has 0 saturated carbocycles. The number of rotatable bonds is 7. The quantitative estimate of drug-likeness (QED) is 0.189. The Kier molecular flexibility index (Phi) is 7.40. The van der Waals surface area contributed by atoms with Crippen molar-refractivity contribution < 1.29 is 0 Å². The van der Waals surface area contributed by atoms with Crippen molar-refractivity contribution in [3.8, 4) is 22.3 Å². The molecular weight excluding hydrogens is 532 g/mol. The molecule has 0 aliphatic carbocycles. The zero-order chi connectivity index (χ0) is 29.9. The molecule has 0 saturated heterocycles. The maximum atomic E-state index is 2.36. The van der Waals surface area contributed by atoms with Crippen LogP contribution in [0.5, 0.6) is 0 Å². The molecule has 0 radical (unpaired) electrons. The van der Waals surface area contributed by atoms with Gasteiger partial charge in [0, 0.05) is 35.2 Å². The van der Waals surface area contributed by atoms with Crippen LogP contribution in [0.15, 0.2) is 170 Å². The Balaban J connectivity index is 1.23. The molecule has 0 amide bonds. The van der Waals surface area contributed by atoms with Gasteiger partial charge in [0.15, 0.2) is 0 Å². The molecule has 7 aromatic carbocycles. The van der Waals surface area contributed by atoms with Crippen LogP contribution >= 0.6 is 0 Å². The molecule has 0 N–H and O–H groups in total. The van der Waals surface area contributed by atoms with Gasteiger partial charge in [0.1, 0.15) is 0 Å². The van der Waals surface area contributed by atoms with Crippen LogP contribution in [0.3, 0.4) is 0 Å². The third kappa shape index (κ3) is 5.46. The summed E-state index contributed by atoms with van der Waals surface area (Å²) in [6.07, 6.45) is 0. The third-order valence-electron chi connectivity index (χ3n) is 8.34.